The number of nitrogens with zero attached hydrogens (tertiary/aromatic N) is 1. The Morgan fingerprint density at radius 3 is 2.60 bits per heavy atom. The van der Waals surface area contributed by atoms with Crippen LogP contribution in [0.25, 0.3) is 0 Å². The molecule has 1 heterocycles. The van der Waals surface area contributed by atoms with E-state index in [0.29, 0.717) is 12.5 Å². The lowest BCUT2D eigenvalue weighted by molar-refractivity contribution is -0.145. The van der Waals surface area contributed by atoms with Gasteiger partial charge in [-0.3, -0.25) is 9.69 Å². The molecule has 0 aromatic rings. The molecule has 2 fully saturated rings. The van der Waals surface area contributed by atoms with E-state index >= 15 is 0 Å². The summed E-state index contributed by atoms with van der Waals surface area (Å²) in [6, 6.07) is 0.365. The van der Waals surface area contributed by atoms with Gasteiger partial charge in [-0.1, -0.05) is 6.92 Å². The Kier molecular flexibility index (Phi) is 5.04. The van der Waals surface area contributed by atoms with Gasteiger partial charge in [-0.15, -0.1) is 0 Å². The lowest BCUT2D eigenvalue weighted by Gasteiger charge is -2.39. The maximum absolute atomic E-state index is 11.7. The van der Waals surface area contributed by atoms with Crippen molar-refractivity contribution in [3.05, 3.63) is 0 Å². The fourth-order valence-electron chi connectivity index (χ4n) is 3.64. The van der Waals surface area contributed by atoms with Crippen molar-refractivity contribution < 1.29 is 14.6 Å². The van der Waals surface area contributed by atoms with E-state index in [4.69, 9.17) is 4.74 Å². The standard InChI is InChI=1S/C15H28N2O3/c1-4-7-16-15(14(18)19)6-5-13(8-15)17-9-11(2)20-12(3)10-17/h11-13,16H,4-10H2,1-3H3,(H,18,19). The Morgan fingerprint density at radius 2 is 2.05 bits per heavy atom. The highest BCUT2D eigenvalue weighted by molar-refractivity contribution is 5.79. The molecule has 0 aromatic carbocycles. The zero-order valence-corrected chi connectivity index (χ0v) is 12.9. The Hall–Kier alpha value is -0.650. The van der Waals surface area contributed by atoms with Crippen molar-refractivity contribution in [2.45, 2.75) is 70.2 Å². The molecule has 2 rings (SSSR count). The van der Waals surface area contributed by atoms with Gasteiger partial charge in [0.1, 0.15) is 5.54 Å². The average molecular weight is 284 g/mol. The summed E-state index contributed by atoms with van der Waals surface area (Å²) in [7, 11) is 0. The molecule has 4 atom stereocenters. The van der Waals surface area contributed by atoms with Gasteiger partial charge in [-0.05, 0) is 46.1 Å². The highest BCUT2D eigenvalue weighted by Gasteiger charge is 2.47. The largest absolute Gasteiger partial charge is 0.480 e. The Labute approximate surface area is 121 Å². The number of rotatable bonds is 5. The highest BCUT2D eigenvalue weighted by Crippen LogP contribution is 2.34. The van der Waals surface area contributed by atoms with Crippen molar-refractivity contribution in [2.24, 2.45) is 0 Å². The number of carbonyl (C=O) groups is 1. The molecule has 2 N–H and O–H groups in total. The van der Waals surface area contributed by atoms with Crippen LogP contribution in [0, 0.1) is 0 Å². The minimum atomic E-state index is -0.717. The van der Waals surface area contributed by atoms with E-state index in [0.717, 1.165) is 38.9 Å². The number of carboxylic acids is 1. The first-order valence-corrected chi connectivity index (χ1v) is 7.85. The quantitative estimate of drug-likeness (QED) is 0.800. The molecule has 20 heavy (non-hydrogen) atoms. The van der Waals surface area contributed by atoms with Crippen LogP contribution < -0.4 is 5.32 Å². The van der Waals surface area contributed by atoms with E-state index in [2.05, 4.69) is 31.0 Å². The van der Waals surface area contributed by atoms with Crippen LogP contribution in [0.15, 0.2) is 0 Å². The molecule has 0 spiro atoms. The van der Waals surface area contributed by atoms with Crippen molar-refractivity contribution >= 4 is 5.97 Å². The lowest BCUT2D eigenvalue weighted by atomic mass is 9.97. The van der Waals surface area contributed by atoms with Gasteiger partial charge in [-0.25, -0.2) is 0 Å². The second-order valence-corrected chi connectivity index (χ2v) is 6.42. The van der Waals surface area contributed by atoms with Crippen LogP contribution in [-0.2, 0) is 9.53 Å². The van der Waals surface area contributed by atoms with Crippen LogP contribution in [0.2, 0.25) is 0 Å². The Balaban J connectivity index is 2.00. The second kappa shape index (κ2) is 6.41. The zero-order chi connectivity index (χ0) is 14.8. The van der Waals surface area contributed by atoms with Gasteiger partial charge in [0.25, 0.3) is 0 Å². The normalized spacial score (nSPS) is 39.0. The van der Waals surface area contributed by atoms with Crippen molar-refractivity contribution in [3.8, 4) is 0 Å². The molecule has 1 saturated carbocycles. The van der Waals surface area contributed by atoms with Gasteiger partial charge in [0.15, 0.2) is 0 Å². The highest BCUT2D eigenvalue weighted by atomic mass is 16.5. The monoisotopic (exact) mass is 284 g/mol. The molecular formula is C15H28N2O3. The van der Waals surface area contributed by atoms with Crippen molar-refractivity contribution in [2.75, 3.05) is 19.6 Å². The molecule has 0 bridgehead atoms. The minimum absolute atomic E-state index is 0.238. The summed E-state index contributed by atoms with van der Waals surface area (Å²) in [5.41, 5.74) is -0.717. The number of carboxylic acid groups (broad SMARTS) is 1. The molecule has 0 radical (unpaired) electrons. The van der Waals surface area contributed by atoms with E-state index in [1.165, 1.54) is 0 Å². The molecule has 0 aromatic heterocycles. The van der Waals surface area contributed by atoms with Crippen LogP contribution in [-0.4, -0.2) is 59.4 Å². The molecule has 5 nitrogen and oxygen atoms in total. The first-order chi connectivity index (χ1) is 9.47. The summed E-state index contributed by atoms with van der Waals surface area (Å²) in [5.74, 6) is -0.692. The SMILES string of the molecule is CCCNC1(C(=O)O)CCC(N2CC(C)OC(C)C2)C1. The summed E-state index contributed by atoms with van der Waals surface area (Å²) in [6.07, 6.45) is 3.84. The third kappa shape index (κ3) is 3.32. The molecular weight excluding hydrogens is 256 g/mol. The molecule has 1 aliphatic carbocycles. The van der Waals surface area contributed by atoms with Crippen LogP contribution in [0.1, 0.15) is 46.5 Å². The van der Waals surface area contributed by atoms with Gasteiger partial charge >= 0.3 is 5.97 Å². The van der Waals surface area contributed by atoms with Gasteiger partial charge in [0.05, 0.1) is 12.2 Å². The lowest BCUT2D eigenvalue weighted by Crippen LogP contribution is -2.53. The van der Waals surface area contributed by atoms with Crippen molar-refractivity contribution in [1.82, 2.24) is 10.2 Å². The third-order valence-corrected chi connectivity index (χ3v) is 4.58. The molecule has 2 aliphatic rings. The number of aliphatic carboxylic acids is 1. The van der Waals surface area contributed by atoms with E-state index < -0.39 is 11.5 Å². The zero-order valence-electron chi connectivity index (χ0n) is 12.9. The van der Waals surface area contributed by atoms with Gasteiger partial charge in [-0.2, -0.15) is 0 Å². The fourth-order valence-corrected chi connectivity index (χ4v) is 3.64. The molecule has 1 aliphatic heterocycles. The van der Waals surface area contributed by atoms with E-state index in [1.54, 1.807) is 0 Å². The van der Waals surface area contributed by atoms with Gasteiger partial charge in [0.2, 0.25) is 0 Å². The minimum Gasteiger partial charge on any atom is -0.480 e. The summed E-state index contributed by atoms with van der Waals surface area (Å²) in [4.78, 5) is 14.1. The van der Waals surface area contributed by atoms with Crippen LogP contribution >= 0.6 is 0 Å². The predicted octanol–water partition coefficient (Wildman–Crippen LogP) is 1.47. The molecule has 116 valence electrons. The number of nitrogens with one attached hydrogen (secondary N) is 1. The van der Waals surface area contributed by atoms with Crippen LogP contribution in [0.4, 0.5) is 0 Å². The summed E-state index contributed by atoms with van der Waals surface area (Å²) < 4.78 is 5.77. The summed E-state index contributed by atoms with van der Waals surface area (Å²) in [5, 5.41) is 12.9. The number of hydrogen-bond acceptors (Lipinski definition) is 4. The molecule has 1 saturated heterocycles. The smallest absolute Gasteiger partial charge is 0.323 e. The summed E-state index contributed by atoms with van der Waals surface area (Å²) in [6.45, 7) is 8.86. The molecule has 4 unspecified atom stereocenters. The van der Waals surface area contributed by atoms with Crippen LogP contribution in [0.5, 0.6) is 0 Å². The van der Waals surface area contributed by atoms with Gasteiger partial charge < -0.3 is 15.2 Å². The van der Waals surface area contributed by atoms with Crippen LogP contribution in [0.3, 0.4) is 0 Å². The fraction of sp³-hybridized carbons (Fsp3) is 0.933. The third-order valence-electron chi connectivity index (χ3n) is 4.58. The van der Waals surface area contributed by atoms with Crippen molar-refractivity contribution in [3.63, 3.8) is 0 Å². The Morgan fingerprint density at radius 1 is 1.40 bits per heavy atom. The first kappa shape index (κ1) is 15.7. The number of ether oxygens (including phenoxy) is 1. The average Bonchev–Trinajstić information content (AvgIpc) is 2.81. The van der Waals surface area contributed by atoms with E-state index in [-0.39, 0.29) is 12.2 Å². The topological polar surface area (TPSA) is 61.8 Å². The van der Waals surface area contributed by atoms with E-state index in [9.17, 15) is 9.90 Å². The first-order valence-electron chi connectivity index (χ1n) is 7.85. The number of hydrogen-bond donors (Lipinski definition) is 2. The number of morpholine rings is 1. The maximum Gasteiger partial charge on any atom is 0.323 e. The molecule has 5 heteroatoms. The maximum atomic E-state index is 11.7. The van der Waals surface area contributed by atoms with E-state index in [1.807, 2.05) is 0 Å². The molecule has 0 amide bonds. The second-order valence-electron chi connectivity index (χ2n) is 6.42. The Bertz CT molecular complexity index is 340. The van der Waals surface area contributed by atoms with Gasteiger partial charge in [0, 0.05) is 19.1 Å². The van der Waals surface area contributed by atoms with Crippen molar-refractivity contribution in [1.29, 1.82) is 0 Å². The predicted molar refractivity (Wildman–Crippen MR) is 77.9 cm³/mol. The summed E-state index contributed by atoms with van der Waals surface area (Å²) >= 11 is 0.